The average molecular weight is 1530 g/mol. The Bertz CT molecular complexity index is 5430. The van der Waals surface area contributed by atoms with Gasteiger partial charge in [0.1, 0.15) is 5.75 Å². The third-order valence-electron chi connectivity index (χ3n) is 16.8. The van der Waals surface area contributed by atoms with Crippen molar-refractivity contribution in [1.82, 2.24) is 59.8 Å². The molecule has 0 spiro atoms. The zero-order chi connectivity index (χ0) is 80.1. The fourth-order valence-electron chi connectivity index (χ4n) is 11.1. The number of para-hydroxylation sites is 5. The number of methoxy groups -OCH3 is 1. The third-order valence-corrected chi connectivity index (χ3v) is 16.8. The van der Waals surface area contributed by atoms with Crippen LogP contribution in [-0.4, -0.2) is 66.9 Å². The molecule has 0 fully saturated rings. The minimum absolute atomic E-state index is 0.419. The van der Waals surface area contributed by atoms with E-state index in [0.717, 1.165) is 90.7 Å². The van der Waals surface area contributed by atoms with Crippen molar-refractivity contribution < 1.29 is 4.74 Å². The van der Waals surface area contributed by atoms with Crippen LogP contribution in [0.5, 0.6) is 5.75 Å². The van der Waals surface area contributed by atoms with Gasteiger partial charge in [-0.15, -0.1) is 0 Å². The van der Waals surface area contributed by atoms with E-state index in [0.29, 0.717) is 71.4 Å². The van der Waals surface area contributed by atoms with Gasteiger partial charge in [0.15, 0.2) is 0 Å². The number of anilines is 24. The summed E-state index contributed by atoms with van der Waals surface area (Å²) in [4.78, 5) is 54.2. The van der Waals surface area contributed by atoms with Crippen molar-refractivity contribution >= 4 is 140 Å². The van der Waals surface area contributed by atoms with Crippen LogP contribution in [0, 0.1) is 41.5 Å². The van der Waals surface area contributed by atoms with Gasteiger partial charge in [0.05, 0.1) is 7.11 Å². The van der Waals surface area contributed by atoms with E-state index in [9.17, 15) is 0 Å². The first-order valence-corrected chi connectivity index (χ1v) is 37.3. The van der Waals surface area contributed by atoms with E-state index in [2.05, 4.69) is 144 Å². The molecule has 16 rings (SSSR count). The molecule has 0 atom stereocenters. The highest BCUT2D eigenvalue weighted by atomic mass is 16.5. The van der Waals surface area contributed by atoms with Crippen molar-refractivity contribution in [1.29, 1.82) is 0 Å². The standard InChI is InChI=1S/C24H24N6.C23H22N6.C22H20N6O.C22H20N6/c1-16-7-4-10-19(13-16)25-22-28-23(26-20-11-5-8-17(2)14-20)30-24(29-22)27-21-12-6-9-18(3)15-21;1-16-8-12-19(13-9-16)25-22-27-21(24-18-6-4-3-5-7-18)28-23(29-22)26-20-14-10-17(2)11-15-20;1-29-19-14-12-18(13-15-19)25-22-27-20(23-16-8-4-2-5-9-16)26-21(28-22)24-17-10-6-3-7-11-17;1-16-12-14-19(15-13-16)25-22-27-20(23-17-8-4-2-5-9-17)26-21(28-22)24-18-10-6-3-7-11-18/h4-15H,1-3H3,(H3,25,26,27,28,29,30);3-15H,1-2H3,(H3,24,25,26,27,28,29);2-15H,1H3,(H3,23,24,25,26,27,28);2-15H,1H3,(H3,23,24,25,26,27,28). The minimum Gasteiger partial charge on any atom is -0.497 e. The van der Waals surface area contributed by atoms with Gasteiger partial charge in [-0.2, -0.15) is 59.8 Å². The van der Waals surface area contributed by atoms with Crippen molar-refractivity contribution in [3.8, 4) is 5.75 Å². The van der Waals surface area contributed by atoms with Crippen LogP contribution in [0.2, 0.25) is 0 Å². The van der Waals surface area contributed by atoms with Crippen LogP contribution in [-0.2, 0) is 0 Å². The van der Waals surface area contributed by atoms with Gasteiger partial charge in [-0.3, -0.25) is 0 Å². The van der Waals surface area contributed by atoms with E-state index in [-0.39, 0.29) is 0 Å². The van der Waals surface area contributed by atoms with E-state index in [4.69, 9.17) is 4.74 Å². The van der Waals surface area contributed by atoms with E-state index in [1.165, 1.54) is 16.7 Å². The molecule has 116 heavy (non-hydrogen) atoms. The zero-order valence-corrected chi connectivity index (χ0v) is 64.9. The molecular weight excluding hydrogens is 1450 g/mol. The van der Waals surface area contributed by atoms with E-state index in [1.54, 1.807) is 7.11 Å². The molecule has 0 aliphatic carbocycles. The van der Waals surface area contributed by atoms with Gasteiger partial charge in [0.25, 0.3) is 0 Å². The summed E-state index contributed by atoms with van der Waals surface area (Å²) in [5.74, 6) is 6.17. The van der Waals surface area contributed by atoms with Crippen molar-refractivity contribution in [3.05, 3.63) is 355 Å². The number of hydrogen-bond donors (Lipinski definition) is 12. The first kappa shape index (κ1) is 78.2. The molecule has 0 saturated heterocycles. The molecule has 4 heterocycles. The van der Waals surface area contributed by atoms with Crippen LogP contribution in [0.4, 0.5) is 140 Å². The quantitative estimate of drug-likeness (QED) is 0.0253. The molecule has 12 N–H and O–H groups in total. The average Bonchev–Trinajstić information content (AvgIpc) is 0.847. The molecule has 25 heteroatoms. The van der Waals surface area contributed by atoms with Gasteiger partial charge in [0.2, 0.25) is 71.4 Å². The number of aromatic nitrogens is 12. The Morgan fingerprint density at radius 3 is 0.483 bits per heavy atom. The Morgan fingerprint density at radius 2 is 0.310 bits per heavy atom. The molecule has 0 aliphatic rings. The maximum atomic E-state index is 5.20. The molecule has 12 aromatic carbocycles. The summed E-state index contributed by atoms with van der Waals surface area (Å²) in [7, 11) is 1.64. The van der Waals surface area contributed by atoms with E-state index in [1.807, 2.05) is 342 Å². The fourth-order valence-corrected chi connectivity index (χ4v) is 11.1. The van der Waals surface area contributed by atoms with Gasteiger partial charge >= 0.3 is 0 Å². The number of nitrogens with one attached hydrogen (secondary N) is 12. The molecular formula is C91H86N24O. The lowest BCUT2D eigenvalue weighted by molar-refractivity contribution is 0.415. The summed E-state index contributed by atoms with van der Waals surface area (Å²) < 4.78 is 5.20. The largest absolute Gasteiger partial charge is 0.497 e. The third kappa shape index (κ3) is 25.1. The maximum absolute atomic E-state index is 5.20. The number of hydrogen-bond acceptors (Lipinski definition) is 25. The predicted molar refractivity (Wildman–Crippen MR) is 471 cm³/mol. The molecule has 576 valence electrons. The Kier molecular flexibility index (Phi) is 26.7. The zero-order valence-electron chi connectivity index (χ0n) is 64.9. The van der Waals surface area contributed by atoms with Gasteiger partial charge in [-0.25, -0.2) is 0 Å². The SMILES string of the molecule is COc1ccc(Nc2nc(Nc3ccccc3)nc(Nc3ccccc3)n2)cc1.Cc1ccc(Nc2nc(Nc3ccccc3)nc(Nc3ccc(C)cc3)n2)cc1.Cc1ccc(Nc2nc(Nc3ccccc3)nc(Nc3ccccc3)n2)cc1.Cc1cccc(Nc2nc(Nc3cccc(C)c3)nc(Nc3cccc(C)c3)n2)c1. The lowest BCUT2D eigenvalue weighted by Gasteiger charge is -2.12. The van der Waals surface area contributed by atoms with Crippen LogP contribution in [0.15, 0.2) is 322 Å². The van der Waals surface area contributed by atoms with Gasteiger partial charge in [-0.1, -0.05) is 180 Å². The van der Waals surface area contributed by atoms with Crippen molar-refractivity contribution in [2.24, 2.45) is 0 Å². The Labute approximate surface area is 673 Å². The Balaban J connectivity index is 0.000000135. The highest BCUT2D eigenvalue weighted by Crippen LogP contribution is 2.29. The topological polar surface area (TPSA) is 308 Å². The highest BCUT2D eigenvalue weighted by molar-refractivity contribution is 5.68. The van der Waals surface area contributed by atoms with Crippen LogP contribution in [0.1, 0.15) is 33.4 Å². The number of aryl methyl sites for hydroxylation is 6. The smallest absolute Gasteiger partial charge is 0.233 e. The number of benzene rings is 12. The second-order valence-corrected chi connectivity index (χ2v) is 26.5. The first-order chi connectivity index (χ1) is 56.7. The van der Waals surface area contributed by atoms with Gasteiger partial charge < -0.3 is 68.5 Å². The van der Waals surface area contributed by atoms with Gasteiger partial charge in [-0.05, 0) is 216 Å². The highest BCUT2D eigenvalue weighted by Gasteiger charge is 2.15. The van der Waals surface area contributed by atoms with Gasteiger partial charge in [0, 0.05) is 68.2 Å². The van der Waals surface area contributed by atoms with Crippen molar-refractivity contribution in [2.75, 3.05) is 70.9 Å². The van der Waals surface area contributed by atoms with E-state index >= 15 is 0 Å². The summed E-state index contributed by atoms with van der Waals surface area (Å²) in [6.07, 6.45) is 0. The predicted octanol–water partition coefficient (Wildman–Crippen LogP) is 22.3. The number of rotatable bonds is 25. The van der Waals surface area contributed by atoms with Crippen LogP contribution < -0.4 is 68.5 Å². The van der Waals surface area contributed by atoms with E-state index < -0.39 is 0 Å². The lowest BCUT2D eigenvalue weighted by atomic mass is 10.2. The monoisotopic (exact) mass is 1530 g/mol. The molecule has 25 nitrogen and oxygen atoms in total. The summed E-state index contributed by atoms with van der Waals surface area (Å²) in [6, 6.07) is 105. The number of ether oxygens (including phenoxy) is 1. The molecule has 0 unspecified atom stereocenters. The van der Waals surface area contributed by atoms with Crippen molar-refractivity contribution in [3.63, 3.8) is 0 Å². The lowest BCUT2D eigenvalue weighted by Crippen LogP contribution is -2.07. The Hall–Kier alpha value is -15.9. The molecule has 16 aromatic rings. The maximum Gasteiger partial charge on any atom is 0.233 e. The molecule has 0 amide bonds. The summed E-state index contributed by atoms with van der Waals surface area (Å²) >= 11 is 0. The molecule has 0 bridgehead atoms. The normalized spacial score (nSPS) is 10.4. The summed E-state index contributed by atoms with van der Waals surface area (Å²) in [5.41, 5.74) is 17.9. The molecule has 0 saturated carbocycles. The van der Waals surface area contributed by atoms with Crippen LogP contribution >= 0.6 is 0 Å². The second kappa shape index (κ2) is 39.6. The Morgan fingerprint density at radius 1 is 0.155 bits per heavy atom. The van der Waals surface area contributed by atoms with Crippen LogP contribution in [0.25, 0.3) is 0 Å². The number of nitrogens with zero attached hydrogens (tertiary/aromatic N) is 12. The summed E-state index contributed by atoms with van der Waals surface area (Å²) in [5, 5.41) is 38.9. The molecule has 0 aliphatic heterocycles. The van der Waals surface area contributed by atoms with Crippen molar-refractivity contribution in [2.45, 2.75) is 41.5 Å². The molecule has 0 radical (unpaired) electrons. The second-order valence-electron chi connectivity index (χ2n) is 26.5. The molecule has 4 aromatic heterocycles. The van der Waals surface area contributed by atoms with Crippen LogP contribution in [0.3, 0.4) is 0 Å². The first-order valence-electron chi connectivity index (χ1n) is 37.3. The minimum atomic E-state index is 0.419. The fraction of sp³-hybridized carbons (Fsp3) is 0.0769. The summed E-state index contributed by atoms with van der Waals surface area (Å²) in [6.45, 7) is 12.3.